The molecule has 190 valence electrons. The van der Waals surface area contributed by atoms with Crippen molar-refractivity contribution in [2.24, 2.45) is 5.92 Å². The highest BCUT2D eigenvalue weighted by atomic mass is 32.2. The number of benzene rings is 1. The van der Waals surface area contributed by atoms with E-state index in [-0.39, 0.29) is 4.90 Å². The smallest absolute Gasteiger partial charge is 0.229 e. The van der Waals surface area contributed by atoms with Crippen LogP contribution in [0.15, 0.2) is 83.8 Å². The van der Waals surface area contributed by atoms with Gasteiger partial charge in [0.2, 0.25) is 5.95 Å². The number of hydrogen-bond acceptors (Lipinski definition) is 7. The minimum atomic E-state index is -3.24. The van der Waals surface area contributed by atoms with Crippen molar-refractivity contribution in [2.45, 2.75) is 49.8 Å². The van der Waals surface area contributed by atoms with E-state index >= 15 is 0 Å². The Bertz CT molecular complexity index is 1370. The summed E-state index contributed by atoms with van der Waals surface area (Å²) in [5.74, 6) is 0.928. The van der Waals surface area contributed by atoms with Crippen LogP contribution in [-0.2, 0) is 9.84 Å². The topological polar surface area (TPSA) is 109 Å². The van der Waals surface area contributed by atoms with Crippen molar-refractivity contribution in [3.8, 4) is 5.69 Å². The third-order valence-electron chi connectivity index (χ3n) is 6.32. The van der Waals surface area contributed by atoms with E-state index in [2.05, 4.69) is 40.6 Å². The minimum absolute atomic E-state index is 0.288. The molecule has 1 aliphatic rings. The molecule has 1 aromatic carbocycles. The molecule has 0 aliphatic heterocycles. The minimum Gasteiger partial charge on any atom is -0.324 e. The number of nitrogens with one attached hydrogen (secondary N) is 2. The molecular formula is C27H33N5O3S. The normalized spacial score (nSPS) is 15.3. The third-order valence-corrected chi connectivity index (χ3v) is 7.45. The molecule has 4 rings (SSSR count). The molecule has 0 radical (unpaired) electrons. The van der Waals surface area contributed by atoms with Gasteiger partial charge in [0.05, 0.1) is 4.90 Å². The van der Waals surface area contributed by atoms with Gasteiger partial charge in [-0.05, 0) is 61.6 Å². The predicted molar refractivity (Wildman–Crippen MR) is 143 cm³/mol. The van der Waals surface area contributed by atoms with Crippen LogP contribution in [0.1, 0.15) is 44.9 Å². The number of hydrogen-bond donors (Lipinski definition) is 3. The number of anilines is 1. The van der Waals surface area contributed by atoms with E-state index in [1.54, 1.807) is 30.5 Å². The molecule has 0 amide bonds. The Morgan fingerprint density at radius 3 is 2.61 bits per heavy atom. The van der Waals surface area contributed by atoms with Crippen molar-refractivity contribution in [1.82, 2.24) is 20.0 Å². The molecular weight excluding hydrogens is 474 g/mol. The first-order chi connectivity index (χ1) is 17.3. The SMILES string of the molecule is C=C(CCCCCCCC1C=CC(Nc2ncc3ccn(-c4ccc(S(C)(=O)=O)cc4)c3n2)=C1)NO. The zero-order chi connectivity index (χ0) is 25.5. The van der Waals surface area contributed by atoms with Gasteiger partial charge in [-0.1, -0.05) is 44.4 Å². The number of unbranched alkanes of at least 4 members (excludes halogenated alkanes) is 4. The second kappa shape index (κ2) is 11.5. The molecule has 2 heterocycles. The molecule has 2 aromatic heterocycles. The van der Waals surface area contributed by atoms with E-state index in [0.717, 1.165) is 48.1 Å². The van der Waals surface area contributed by atoms with Crippen LogP contribution in [0.25, 0.3) is 16.7 Å². The van der Waals surface area contributed by atoms with E-state index < -0.39 is 9.84 Å². The molecule has 36 heavy (non-hydrogen) atoms. The predicted octanol–water partition coefficient (Wildman–Crippen LogP) is 5.53. The monoisotopic (exact) mass is 507 g/mol. The summed E-state index contributed by atoms with van der Waals surface area (Å²) in [6.07, 6.45) is 19.1. The van der Waals surface area contributed by atoms with E-state index in [4.69, 9.17) is 10.2 Å². The highest BCUT2D eigenvalue weighted by Gasteiger charge is 2.13. The van der Waals surface area contributed by atoms with Crippen LogP contribution in [0, 0.1) is 5.92 Å². The van der Waals surface area contributed by atoms with Gasteiger partial charge in [0, 0.05) is 41.1 Å². The summed E-state index contributed by atoms with van der Waals surface area (Å²) in [7, 11) is -3.24. The van der Waals surface area contributed by atoms with Gasteiger partial charge in [-0.15, -0.1) is 0 Å². The van der Waals surface area contributed by atoms with Crippen molar-refractivity contribution in [2.75, 3.05) is 11.6 Å². The fraction of sp³-hybridized carbons (Fsp3) is 0.333. The lowest BCUT2D eigenvalue weighted by Gasteiger charge is -2.08. The van der Waals surface area contributed by atoms with Crippen LogP contribution in [0.5, 0.6) is 0 Å². The summed E-state index contributed by atoms with van der Waals surface area (Å²) in [5.41, 5.74) is 5.35. The van der Waals surface area contributed by atoms with Crippen molar-refractivity contribution >= 4 is 26.8 Å². The van der Waals surface area contributed by atoms with Crippen LogP contribution < -0.4 is 10.8 Å². The molecule has 9 heteroatoms. The lowest BCUT2D eigenvalue weighted by atomic mass is 10.0. The highest BCUT2D eigenvalue weighted by Crippen LogP contribution is 2.25. The van der Waals surface area contributed by atoms with Crippen LogP contribution in [0.2, 0.25) is 0 Å². The quantitative estimate of drug-likeness (QED) is 0.206. The largest absolute Gasteiger partial charge is 0.324 e. The molecule has 1 aliphatic carbocycles. The number of nitrogens with zero attached hydrogens (tertiary/aromatic N) is 3. The fourth-order valence-corrected chi connectivity index (χ4v) is 4.94. The maximum Gasteiger partial charge on any atom is 0.229 e. The molecule has 0 spiro atoms. The molecule has 0 fully saturated rings. The van der Waals surface area contributed by atoms with E-state index in [9.17, 15) is 8.42 Å². The second-order valence-electron chi connectivity index (χ2n) is 9.22. The number of aromatic nitrogens is 3. The number of hydroxylamine groups is 1. The Balaban J connectivity index is 1.32. The van der Waals surface area contributed by atoms with Gasteiger partial charge in [-0.2, -0.15) is 4.98 Å². The molecule has 1 unspecified atom stereocenters. The molecule has 3 N–H and O–H groups in total. The lowest BCUT2D eigenvalue weighted by molar-refractivity contribution is 0.196. The Morgan fingerprint density at radius 2 is 1.86 bits per heavy atom. The van der Waals surface area contributed by atoms with Gasteiger partial charge in [0.25, 0.3) is 0 Å². The number of rotatable bonds is 13. The molecule has 8 nitrogen and oxygen atoms in total. The average Bonchev–Trinajstić information content (AvgIpc) is 3.49. The fourth-order valence-electron chi connectivity index (χ4n) is 4.31. The summed E-state index contributed by atoms with van der Waals surface area (Å²) < 4.78 is 25.4. The Labute approximate surface area is 212 Å². The molecule has 0 saturated heterocycles. The van der Waals surface area contributed by atoms with Crippen LogP contribution >= 0.6 is 0 Å². The first-order valence-electron chi connectivity index (χ1n) is 12.2. The summed E-state index contributed by atoms with van der Waals surface area (Å²) >= 11 is 0. The van der Waals surface area contributed by atoms with Crippen LogP contribution in [0.3, 0.4) is 0 Å². The first kappa shape index (κ1) is 25.7. The van der Waals surface area contributed by atoms with Crippen molar-refractivity contribution in [3.63, 3.8) is 0 Å². The number of sulfone groups is 1. The van der Waals surface area contributed by atoms with Gasteiger partial charge in [-0.3, -0.25) is 10.7 Å². The van der Waals surface area contributed by atoms with Crippen LogP contribution in [0.4, 0.5) is 5.95 Å². The summed E-state index contributed by atoms with van der Waals surface area (Å²) in [6, 6.07) is 8.71. The van der Waals surface area contributed by atoms with Crippen molar-refractivity contribution < 1.29 is 13.6 Å². The Kier molecular flexibility index (Phi) is 8.22. The maximum atomic E-state index is 11.8. The maximum absolute atomic E-state index is 11.8. The van der Waals surface area contributed by atoms with Crippen LogP contribution in [-0.4, -0.2) is 34.4 Å². The summed E-state index contributed by atoms with van der Waals surface area (Å²) in [4.78, 5) is 9.46. The van der Waals surface area contributed by atoms with E-state index in [1.165, 1.54) is 25.5 Å². The van der Waals surface area contributed by atoms with Gasteiger partial charge in [0.1, 0.15) is 5.65 Å². The molecule has 0 saturated carbocycles. The van der Waals surface area contributed by atoms with Crippen molar-refractivity contribution in [3.05, 3.63) is 78.9 Å². The number of allylic oxidation sites excluding steroid dienone is 4. The zero-order valence-corrected chi connectivity index (χ0v) is 21.3. The Morgan fingerprint density at radius 1 is 1.11 bits per heavy atom. The average molecular weight is 508 g/mol. The number of fused-ring (bicyclic) bond motifs is 1. The third kappa shape index (κ3) is 6.61. The van der Waals surface area contributed by atoms with Crippen molar-refractivity contribution in [1.29, 1.82) is 0 Å². The highest BCUT2D eigenvalue weighted by molar-refractivity contribution is 7.90. The first-order valence-corrected chi connectivity index (χ1v) is 14.1. The molecule has 0 bridgehead atoms. The molecule has 3 aromatic rings. The summed E-state index contributed by atoms with van der Waals surface area (Å²) in [6.45, 7) is 3.73. The summed E-state index contributed by atoms with van der Waals surface area (Å²) in [5, 5.41) is 13.0. The second-order valence-corrected chi connectivity index (χ2v) is 11.2. The van der Waals surface area contributed by atoms with Gasteiger partial charge >= 0.3 is 0 Å². The Hall–Kier alpha value is -3.43. The van der Waals surface area contributed by atoms with Gasteiger partial charge in [-0.25, -0.2) is 13.4 Å². The molecule has 1 atom stereocenters. The van der Waals surface area contributed by atoms with Gasteiger partial charge < -0.3 is 9.88 Å². The van der Waals surface area contributed by atoms with E-state index in [1.807, 2.05) is 16.8 Å². The standard InChI is InChI=1S/C27H33N5O3S/c1-20(31-33)8-6-4-3-5-7-9-21-10-11-23(18-21)29-27-28-19-22-16-17-32(26(22)30-27)24-12-14-25(15-13-24)36(2,34)35/h10-19,21,31,33H,1,3-9H2,2H3,(H,28,29,30). The lowest BCUT2D eigenvalue weighted by Crippen LogP contribution is -2.04. The zero-order valence-electron chi connectivity index (χ0n) is 20.5. The van der Waals surface area contributed by atoms with Gasteiger partial charge in [0.15, 0.2) is 9.84 Å². The van der Waals surface area contributed by atoms with E-state index in [0.29, 0.717) is 17.6 Å².